The molecule has 2 rings (SSSR count). The number of aliphatic hydroxyl groups is 1. The van der Waals surface area contributed by atoms with Crippen LogP contribution in [0.2, 0.25) is 0 Å². The third-order valence-corrected chi connectivity index (χ3v) is 5.90. The SMILES string of the molecule is C=CCOC(=O)N(Cc1cc(C)c(Br)c(C)c1)[C@H](CO)Cc1ccc(C)cc1. The van der Waals surface area contributed by atoms with E-state index in [4.69, 9.17) is 4.74 Å². The van der Waals surface area contributed by atoms with Gasteiger partial charge in [0.2, 0.25) is 0 Å². The van der Waals surface area contributed by atoms with Crippen molar-refractivity contribution in [1.29, 1.82) is 0 Å². The number of rotatable bonds is 8. The summed E-state index contributed by atoms with van der Waals surface area (Å²) in [6, 6.07) is 11.8. The van der Waals surface area contributed by atoms with E-state index < -0.39 is 6.09 Å². The van der Waals surface area contributed by atoms with Crippen molar-refractivity contribution in [3.05, 3.63) is 81.3 Å². The molecule has 1 N–H and O–H groups in total. The minimum atomic E-state index is -0.454. The summed E-state index contributed by atoms with van der Waals surface area (Å²) < 4.78 is 6.36. The van der Waals surface area contributed by atoms with E-state index in [1.165, 1.54) is 11.6 Å². The summed E-state index contributed by atoms with van der Waals surface area (Å²) in [6.07, 6.45) is 1.64. The first-order valence-electron chi connectivity index (χ1n) is 9.32. The van der Waals surface area contributed by atoms with Crippen molar-refractivity contribution in [2.75, 3.05) is 13.2 Å². The van der Waals surface area contributed by atoms with Gasteiger partial charge in [-0.25, -0.2) is 4.79 Å². The first kappa shape index (κ1) is 22.2. The fourth-order valence-corrected chi connectivity index (χ4v) is 3.38. The molecule has 0 unspecified atom stereocenters. The quantitative estimate of drug-likeness (QED) is 0.574. The lowest BCUT2D eigenvalue weighted by molar-refractivity contribution is 0.0717. The van der Waals surface area contributed by atoms with Crippen LogP contribution in [0.5, 0.6) is 0 Å². The van der Waals surface area contributed by atoms with Crippen molar-refractivity contribution in [3.8, 4) is 0 Å². The number of halogens is 1. The van der Waals surface area contributed by atoms with Crippen LogP contribution in [-0.2, 0) is 17.7 Å². The van der Waals surface area contributed by atoms with Gasteiger partial charge in [-0.3, -0.25) is 4.90 Å². The average molecular weight is 446 g/mol. The van der Waals surface area contributed by atoms with Crippen LogP contribution in [0, 0.1) is 20.8 Å². The molecule has 1 amide bonds. The van der Waals surface area contributed by atoms with Gasteiger partial charge in [0.1, 0.15) is 6.61 Å². The van der Waals surface area contributed by atoms with Gasteiger partial charge in [-0.15, -0.1) is 0 Å². The number of benzene rings is 2. The number of carbonyl (C=O) groups excluding carboxylic acids is 1. The predicted molar refractivity (Wildman–Crippen MR) is 116 cm³/mol. The molecule has 0 radical (unpaired) electrons. The molecular formula is C23H28BrNO3. The Hall–Kier alpha value is -2.11. The Morgan fingerprint density at radius 3 is 2.32 bits per heavy atom. The Morgan fingerprint density at radius 2 is 1.79 bits per heavy atom. The minimum Gasteiger partial charge on any atom is -0.445 e. The van der Waals surface area contributed by atoms with Gasteiger partial charge in [0.05, 0.1) is 12.6 Å². The van der Waals surface area contributed by atoms with Crippen LogP contribution < -0.4 is 0 Å². The Morgan fingerprint density at radius 1 is 1.18 bits per heavy atom. The zero-order valence-corrected chi connectivity index (χ0v) is 18.3. The van der Waals surface area contributed by atoms with E-state index in [0.29, 0.717) is 13.0 Å². The molecule has 0 aliphatic heterocycles. The zero-order chi connectivity index (χ0) is 20.7. The van der Waals surface area contributed by atoms with Crippen LogP contribution in [0.1, 0.15) is 27.8 Å². The van der Waals surface area contributed by atoms with E-state index in [1.54, 1.807) is 4.90 Å². The normalized spacial score (nSPS) is 11.8. The molecule has 0 aliphatic carbocycles. The van der Waals surface area contributed by atoms with Crippen molar-refractivity contribution >= 4 is 22.0 Å². The molecule has 0 bridgehead atoms. The maximum Gasteiger partial charge on any atom is 0.410 e. The minimum absolute atomic E-state index is 0.135. The molecule has 4 nitrogen and oxygen atoms in total. The number of hydrogen-bond acceptors (Lipinski definition) is 3. The molecule has 0 aliphatic rings. The smallest absolute Gasteiger partial charge is 0.410 e. The second-order valence-electron chi connectivity index (χ2n) is 7.06. The number of nitrogens with zero attached hydrogens (tertiary/aromatic N) is 1. The van der Waals surface area contributed by atoms with Crippen LogP contribution in [0.15, 0.2) is 53.5 Å². The third-order valence-electron chi connectivity index (χ3n) is 4.65. The van der Waals surface area contributed by atoms with E-state index in [0.717, 1.165) is 26.7 Å². The molecule has 0 heterocycles. The van der Waals surface area contributed by atoms with Crippen LogP contribution >= 0.6 is 15.9 Å². The van der Waals surface area contributed by atoms with E-state index in [1.807, 2.05) is 57.2 Å². The van der Waals surface area contributed by atoms with Gasteiger partial charge in [-0.1, -0.05) is 70.5 Å². The second kappa shape index (κ2) is 10.4. The molecule has 0 saturated heterocycles. The number of aliphatic hydroxyl groups excluding tert-OH is 1. The first-order valence-corrected chi connectivity index (χ1v) is 10.1. The van der Waals surface area contributed by atoms with Crippen LogP contribution in [0.3, 0.4) is 0 Å². The highest BCUT2D eigenvalue weighted by Crippen LogP contribution is 2.24. The van der Waals surface area contributed by atoms with E-state index in [-0.39, 0.29) is 19.3 Å². The molecule has 5 heteroatoms. The van der Waals surface area contributed by atoms with Crippen molar-refractivity contribution < 1.29 is 14.6 Å². The number of carbonyl (C=O) groups is 1. The second-order valence-corrected chi connectivity index (χ2v) is 7.86. The molecule has 28 heavy (non-hydrogen) atoms. The van der Waals surface area contributed by atoms with Crippen molar-refractivity contribution in [2.24, 2.45) is 0 Å². The van der Waals surface area contributed by atoms with Gasteiger partial charge in [0.15, 0.2) is 0 Å². The fraction of sp³-hybridized carbons (Fsp3) is 0.348. The summed E-state index contributed by atoms with van der Waals surface area (Å²) in [7, 11) is 0. The summed E-state index contributed by atoms with van der Waals surface area (Å²) >= 11 is 3.58. The highest BCUT2D eigenvalue weighted by molar-refractivity contribution is 9.10. The number of aryl methyl sites for hydroxylation is 3. The number of ether oxygens (including phenoxy) is 1. The van der Waals surface area contributed by atoms with E-state index in [9.17, 15) is 9.90 Å². The summed E-state index contributed by atoms with van der Waals surface area (Å²) in [4.78, 5) is 14.3. The topological polar surface area (TPSA) is 49.8 Å². The predicted octanol–water partition coefficient (Wildman–Crippen LogP) is 5.10. The summed E-state index contributed by atoms with van der Waals surface area (Å²) in [5.41, 5.74) is 5.44. The molecule has 0 spiro atoms. The summed E-state index contributed by atoms with van der Waals surface area (Å²) in [6.45, 7) is 10.0. The lowest BCUT2D eigenvalue weighted by atomic mass is 10.0. The lowest BCUT2D eigenvalue weighted by Crippen LogP contribution is -2.43. The van der Waals surface area contributed by atoms with Crippen molar-refractivity contribution in [2.45, 2.75) is 39.8 Å². The monoisotopic (exact) mass is 445 g/mol. The standard InChI is InChI=1S/C23H28BrNO3/c1-5-10-28-23(27)25(14-20-11-17(3)22(24)18(4)12-20)21(15-26)13-19-8-6-16(2)7-9-19/h5-9,11-12,21,26H,1,10,13-15H2,2-4H3/t21-/m0/s1. The highest BCUT2D eigenvalue weighted by Gasteiger charge is 2.25. The molecule has 150 valence electrons. The van der Waals surface area contributed by atoms with E-state index in [2.05, 4.69) is 22.5 Å². The number of hydrogen-bond donors (Lipinski definition) is 1. The Labute approximate surface area is 176 Å². The highest BCUT2D eigenvalue weighted by atomic mass is 79.9. The lowest BCUT2D eigenvalue weighted by Gasteiger charge is -2.30. The van der Waals surface area contributed by atoms with Crippen molar-refractivity contribution in [3.63, 3.8) is 0 Å². The molecule has 0 fully saturated rings. The van der Waals surface area contributed by atoms with Crippen LogP contribution in [0.25, 0.3) is 0 Å². The summed E-state index contributed by atoms with van der Waals surface area (Å²) in [5.74, 6) is 0. The largest absolute Gasteiger partial charge is 0.445 e. The maximum absolute atomic E-state index is 12.7. The molecule has 2 aromatic carbocycles. The van der Waals surface area contributed by atoms with Crippen molar-refractivity contribution in [1.82, 2.24) is 4.90 Å². The third kappa shape index (κ3) is 5.94. The maximum atomic E-state index is 12.7. The molecule has 0 saturated carbocycles. The fourth-order valence-electron chi connectivity index (χ4n) is 3.15. The Kier molecular flexibility index (Phi) is 8.27. The van der Waals surface area contributed by atoms with Crippen LogP contribution in [0.4, 0.5) is 4.79 Å². The van der Waals surface area contributed by atoms with Crippen LogP contribution in [-0.4, -0.2) is 35.4 Å². The van der Waals surface area contributed by atoms with Gasteiger partial charge < -0.3 is 9.84 Å². The molecule has 1 atom stereocenters. The molecule has 2 aromatic rings. The molecule has 0 aromatic heterocycles. The van der Waals surface area contributed by atoms with Gasteiger partial charge in [-0.2, -0.15) is 0 Å². The summed E-state index contributed by atoms with van der Waals surface area (Å²) in [5, 5.41) is 10.0. The zero-order valence-electron chi connectivity index (χ0n) is 16.7. The Bertz CT molecular complexity index is 794. The van der Waals surface area contributed by atoms with E-state index >= 15 is 0 Å². The van der Waals surface area contributed by atoms with Gasteiger partial charge >= 0.3 is 6.09 Å². The number of amides is 1. The Balaban J connectivity index is 2.29. The molecular weight excluding hydrogens is 418 g/mol. The first-order chi connectivity index (χ1) is 13.3. The average Bonchev–Trinajstić information content (AvgIpc) is 2.68. The van der Waals surface area contributed by atoms with Gasteiger partial charge in [0.25, 0.3) is 0 Å². The van der Waals surface area contributed by atoms with Gasteiger partial charge in [0, 0.05) is 11.0 Å². The van der Waals surface area contributed by atoms with Gasteiger partial charge in [-0.05, 0) is 49.4 Å².